The lowest BCUT2D eigenvalue weighted by molar-refractivity contribution is 0.515. The van der Waals surface area contributed by atoms with E-state index < -0.39 is 0 Å². The number of aromatic nitrogens is 1. The first-order valence-corrected chi connectivity index (χ1v) is 9.71. The smallest absolute Gasteiger partial charge is 0.298 e. The Hall–Kier alpha value is -2.50. The highest BCUT2D eigenvalue weighted by atomic mass is 32.2. The van der Waals surface area contributed by atoms with Crippen LogP contribution in [0.4, 0.5) is 6.01 Å². The van der Waals surface area contributed by atoms with Crippen molar-refractivity contribution in [2.75, 3.05) is 31.1 Å². The highest BCUT2D eigenvalue weighted by Crippen LogP contribution is 2.38. The number of nitrogens with one attached hydrogen (secondary N) is 1. The fourth-order valence-electron chi connectivity index (χ4n) is 3.39. The van der Waals surface area contributed by atoms with Crippen molar-refractivity contribution in [3.05, 3.63) is 60.7 Å². The zero-order valence-electron chi connectivity index (χ0n) is 14.3. The van der Waals surface area contributed by atoms with Crippen LogP contribution in [0.3, 0.4) is 0 Å². The largest absolute Gasteiger partial charge is 0.422 e. The maximum atomic E-state index is 6.19. The fraction of sp³-hybridized carbons (Fsp3) is 0.190. The van der Waals surface area contributed by atoms with Gasteiger partial charge >= 0.3 is 0 Å². The monoisotopic (exact) mass is 361 g/mol. The van der Waals surface area contributed by atoms with Crippen LogP contribution >= 0.6 is 11.8 Å². The fourth-order valence-corrected chi connectivity index (χ4v) is 4.45. The van der Waals surface area contributed by atoms with Crippen molar-refractivity contribution < 1.29 is 4.42 Å². The van der Waals surface area contributed by atoms with Crippen LogP contribution in [-0.2, 0) is 0 Å². The molecule has 2 heterocycles. The van der Waals surface area contributed by atoms with Gasteiger partial charge in [-0.3, -0.25) is 0 Å². The van der Waals surface area contributed by atoms with Gasteiger partial charge in [0, 0.05) is 31.1 Å². The first kappa shape index (κ1) is 15.7. The molecule has 0 unspecified atom stereocenters. The van der Waals surface area contributed by atoms with Crippen molar-refractivity contribution in [2.45, 2.75) is 9.79 Å². The summed E-state index contributed by atoms with van der Waals surface area (Å²) in [5, 5.41) is 5.88. The van der Waals surface area contributed by atoms with Crippen molar-refractivity contribution >= 4 is 39.6 Å². The second-order valence-corrected chi connectivity index (χ2v) is 7.50. The number of benzene rings is 3. The van der Waals surface area contributed by atoms with E-state index in [1.807, 2.05) is 6.07 Å². The molecule has 0 aliphatic carbocycles. The molecule has 4 aromatic rings. The molecule has 1 aliphatic rings. The quantitative estimate of drug-likeness (QED) is 0.580. The third-order valence-electron chi connectivity index (χ3n) is 4.72. The third-order valence-corrected chi connectivity index (χ3v) is 5.84. The van der Waals surface area contributed by atoms with Crippen LogP contribution in [0.15, 0.2) is 74.9 Å². The van der Waals surface area contributed by atoms with Crippen molar-refractivity contribution in [1.82, 2.24) is 10.3 Å². The van der Waals surface area contributed by atoms with Crippen molar-refractivity contribution in [2.24, 2.45) is 0 Å². The van der Waals surface area contributed by atoms with Crippen molar-refractivity contribution in [3.63, 3.8) is 0 Å². The van der Waals surface area contributed by atoms with Crippen molar-refractivity contribution in [3.8, 4) is 0 Å². The molecule has 1 aromatic heterocycles. The van der Waals surface area contributed by atoms with Gasteiger partial charge in [-0.15, -0.1) is 0 Å². The van der Waals surface area contributed by atoms with E-state index >= 15 is 0 Å². The number of hydrogen-bond acceptors (Lipinski definition) is 5. The lowest BCUT2D eigenvalue weighted by Gasteiger charge is -2.25. The van der Waals surface area contributed by atoms with Crippen LogP contribution < -0.4 is 10.2 Å². The maximum Gasteiger partial charge on any atom is 0.298 e. The SMILES string of the molecule is c1ccc2c(Sc3cccc4nc(N5CCNCC5)oc34)cccc2c1. The number of fused-ring (bicyclic) bond motifs is 2. The van der Waals surface area contributed by atoms with Crippen LogP contribution in [0.2, 0.25) is 0 Å². The van der Waals surface area contributed by atoms with E-state index in [9.17, 15) is 0 Å². The summed E-state index contributed by atoms with van der Waals surface area (Å²) in [6, 6.07) is 21.8. The molecule has 1 aliphatic heterocycles. The normalized spacial score (nSPS) is 15.0. The van der Waals surface area contributed by atoms with Crippen LogP contribution in [0.5, 0.6) is 0 Å². The summed E-state index contributed by atoms with van der Waals surface area (Å²) in [5.74, 6) is 0. The number of anilines is 1. The molecule has 130 valence electrons. The third kappa shape index (κ3) is 2.83. The highest BCUT2D eigenvalue weighted by molar-refractivity contribution is 7.99. The molecule has 0 saturated carbocycles. The number of oxazole rings is 1. The van der Waals surface area contributed by atoms with Gasteiger partial charge in [0.2, 0.25) is 0 Å². The molecule has 0 atom stereocenters. The van der Waals surface area contributed by atoms with E-state index in [1.165, 1.54) is 15.7 Å². The molecule has 5 rings (SSSR count). The highest BCUT2D eigenvalue weighted by Gasteiger charge is 2.18. The molecule has 1 fully saturated rings. The predicted octanol–water partition coefficient (Wildman–Crippen LogP) is 4.54. The van der Waals surface area contributed by atoms with Gasteiger partial charge in [-0.05, 0) is 29.0 Å². The number of hydrogen-bond donors (Lipinski definition) is 1. The van der Waals surface area contributed by atoms with E-state index in [2.05, 4.69) is 64.8 Å². The zero-order valence-corrected chi connectivity index (χ0v) is 15.1. The first-order valence-electron chi connectivity index (χ1n) is 8.89. The van der Waals surface area contributed by atoms with E-state index in [0.717, 1.165) is 48.2 Å². The Bertz CT molecular complexity index is 1060. The molecule has 5 heteroatoms. The van der Waals surface area contributed by atoms with Gasteiger partial charge in [0.05, 0.1) is 4.90 Å². The Kier molecular flexibility index (Phi) is 4.03. The van der Waals surface area contributed by atoms with E-state index in [1.54, 1.807) is 11.8 Å². The number of para-hydroxylation sites is 1. The topological polar surface area (TPSA) is 41.3 Å². The van der Waals surface area contributed by atoms with Gasteiger partial charge in [0.25, 0.3) is 6.01 Å². The number of piperazine rings is 1. The summed E-state index contributed by atoms with van der Waals surface area (Å²) in [6.45, 7) is 3.80. The van der Waals surface area contributed by atoms with Gasteiger partial charge in [-0.25, -0.2) is 0 Å². The van der Waals surface area contributed by atoms with Crippen LogP contribution in [0.25, 0.3) is 21.9 Å². The minimum atomic E-state index is 0.729. The first-order chi connectivity index (χ1) is 12.9. The lowest BCUT2D eigenvalue weighted by atomic mass is 10.1. The van der Waals surface area contributed by atoms with Gasteiger partial charge in [-0.1, -0.05) is 54.2 Å². The van der Waals surface area contributed by atoms with E-state index in [4.69, 9.17) is 9.40 Å². The summed E-state index contributed by atoms with van der Waals surface area (Å²) >= 11 is 1.74. The van der Waals surface area contributed by atoms with Crippen LogP contribution in [0, 0.1) is 0 Å². The minimum Gasteiger partial charge on any atom is -0.422 e. The average Bonchev–Trinajstić information content (AvgIpc) is 3.14. The molecule has 4 nitrogen and oxygen atoms in total. The minimum absolute atomic E-state index is 0.729. The molecule has 0 amide bonds. The van der Waals surface area contributed by atoms with Crippen molar-refractivity contribution in [1.29, 1.82) is 0 Å². The van der Waals surface area contributed by atoms with E-state index in [0.29, 0.717) is 0 Å². The number of rotatable bonds is 3. The Labute approximate surface area is 156 Å². The molecule has 1 N–H and O–H groups in total. The molecule has 26 heavy (non-hydrogen) atoms. The molecule has 3 aromatic carbocycles. The summed E-state index contributed by atoms with van der Waals surface area (Å²) in [6.07, 6.45) is 0. The molecule has 1 saturated heterocycles. The molecular weight excluding hydrogens is 342 g/mol. The summed E-state index contributed by atoms with van der Waals surface area (Å²) < 4.78 is 6.19. The summed E-state index contributed by atoms with van der Waals surface area (Å²) in [4.78, 5) is 9.27. The summed E-state index contributed by atoms with van der Waals surface area (Å²) in [7, 11) is 0. The van der Waals surface area contributed by atoms with Gasteiger partial charge in [0.15, 0.2) is 5.58 Å². The van der Waals surface area contributed by atoms with Gasteiger partial charge < -0.3 is 14.6 Å². The maximum absolute atomic E-state index is 6.19. The second kappa shape index (κ2) is 6.67. The van der Waals surface area contributed by atoms with Crippen LogP contribution in [0.1, 0.15) is 0 Å². The predicted molar refractivity (Wildman–Crippen MR) is 107 cm³/mol. The zero-order chi connectivity index (χ0) is 17.3. The average molecular weight is 361 g/mol. The molecule has 0 bridgehead atoms. The Morgan fingerprint density at radius 2 is 1.65 bits per heavy atom. The Morgan fingerprint density at radius 3 is 2.58 bits per heavy atom. The summed E-state index contributed by atoms with van der Waals surface area (Å²) in [5.41, 5.74) is 1.79. The molecule has 0 radical (unpaired) electrons. The van der Waals surface area contributed by atoms with Gasteiger partial charge in [0.1, 0.15) is 5.52 Å². The lowest BCUT2D eigenvalue weighted by Crippen LogP contribution is -2.43. The molecular formula is C21H19N3OS. The Morgan fingerprint density at radius 1 is 0.885 bits per heavy atom. The van der Waals surface area contributed by atoms with Gasteiger partial charge in [-0.2, -0.15) is 4.98 Å². The Balaban J connectivity index is 1.55. The van der Waals surface area contributed by atoms with E-state index in [-0.39, 0.29) is 0 Å². The number of nitrogens with zero attached hydrogens (tertiary/aromatic N) is 2. The van der Waals surface area contributed by atoms with Crippen LogP contribution in [-0.4, -0.2) is 31.2 Å². The molecule has 0 spiro atoms. The second-order valence-electron chi connectivity index (χ2n) is 6.42. The standard InChI is InChI=1S/C21H19N3OS/c1-2-7-16-15(5-1)6-3-9-18(16)26-19-10-4-8-17-20(19)25-21(23-17)24-13-11-22-12-14-24/h1-10,22H,11-14H2.